The zero-order valence-electron chi connectivity index (χ0n) is 9.99. The van der Waals surface area contributed by atoms with Gasteiger partial charge in [-0.05, 0) is 32.0 Å². The molecule has 2 aromatic rings. The van der Waals surface area contributed by atoms with Gasteiger partial charge in [-0.2, -0.15) is 5.10 Å². The van der Waals surface area contributed by atoms with Crippen LogP contribution in [-0.2, 0) is 0 Å². The van der Waals surface area contributed by atoms with Gasteiger partial charge in [0.05, 0.1) is 17.8 Å². The fraction of sp³-hybridized carbons (Fsp3) is 0.417. The van der Waals surface area contributed by atoms with Crippen LogP contribution in [0.25, 0.3) is 11.4 Å². The van der Waals surface area contributed by atoms with E-state index in [-0.39, 0.29) is 12.4 Å². The number of nitrogens with zero attached hydrogens (tertiary/aromatic N) is 4. The largest absolute Gasteiger partial charge is 0.317 e. The molecule has 0 unspecified atom stereocenters. The van der Waals surface area contributed by atoms with Gasteiger partial charge in [-0.3, -0.25) is 4.68 Å². The van der Waals surface area contributed by atoms with Gasteiger partial charge >= 0.3 is 0 Å². The molecule has 1 N–H and O–H groups in total. The molecule has 0 bridgehead atoms. The highest BCUT2D eigenvalue weighted by Crippen LogP contribution is 2.20. The Kier molecular flexibility index (Phi) is 4.28. The van der Waals surface area contributed by atoms with Gasteiger partial charge in [0, 0.05) is 18.6 Å². The average molecular weight is 266 g/mol. The molecule has 1 aliphatic heterocycles. The van der Waals surface area contributed by atoms with Crippen LogP contribution in [0.15, 0.2) is 30.9 Å². The zero-order valence-corrected chi connectivity index (χ0v) is 10.8. The number of aromatic nitrogens is 4. The van der Waals surface area contributed by atoms with Gasteiger partial charge in [0.1, 0.15) is 0 Å². The van der Waals surface area contributed by atoms with Crippen molar-refractivity contribution < 1.29 is 0 Å². The lowest BCUT2D eigenvalue weighted by atomic mass is 10.1. The van der Waals surface area contributed by atoms with Crippen LogP contribution in [0.1, 0.15) is 18.9 Å². The molecule has 5 nitrogen and oxygen atoms in total. The third-order valence-corrected chi connectivity index (χ3v) is 3.11. The van der Waals surface area contributed by atoms with Gasteiger partial charge in [-0.25, -0.2) is 9.97 Å². The first-order valence-electron chi connectivity index (χ1n) is 5.96. The predicted molar refractivity (Wildman–Crippen MR) is 71.6 cm³/mol. The lowest BCUT2D eigenvalue weighted by Gasteiger charge is -2.22. The van der Waals surface area contributed by atoms with Gasteiger partial charge in [0.15, 0.2) is 5.82 Å². The first kappa shape index (κ1) is 13.0. The number of halogens is 1. The van der Waals surface area contributed by atoms with Gasteiger partial charge in [-0.1, -0.05) is 0 Å². The molecule has 1 aliphatic rings. The van der Waals surface area contributed by atoms with Crippen LogP contribution < -0.4 is 5.32 Å². The second-order valence-electron chi connectivity index (χ2n) is 4.26. The number of nitrogens with one attached hydrogen (secondary N) is 1. The van der Waals surface area contributed by atoms with Crippen LogP contribution >= 0.6 is 12.4 Å². The highest BCUT2D eigenvalue weighted by Gasteiger charge is 2.16. The lowest BCUT2D eigenvalue weighted by molar-refractivity contribution is 0.343. The fourth-order valence-electron chi connectivity index (χ4n) is 2.17. The van der Waals surface area contributed by atoms with Crippen molar-refractivity contribution in [2.45, 2.75) is 18.9 Å². The molecule has 3 heterocycles. The van der Waals surface area contributed by atoms with Crippen LogP contribution in [0, 0.1) is 0 Å². The van der Waals surface area contributed by atoms with Crippen molar-refractivity contribution in [2.24, 2.45) is 0 Å². The van der Waals surface area contributed by atoms with Crippen molar-refractivity contribution in [1.82, 2.24) is 25.1 Å². The van der Waals surface area contributed by atoms with Gasteiger partial charge in [-0.15, -0.1) is 12.4 Å². The van der Waals surface area contributed by atoms with E-state index in [1.807, 2.05) is 23.1 Å². The Morgan fingerprint density at radius 1 is 1.17 bits per heavy atom. The summed E-state index contributed by atoms with van der Waals surface area (Å²) < 4.78 is 2.05. The maximum atomic E-state index is 4.43. The Balaban J connectivity index is 0.00000120. The molecule has 0 atom stereocenters. The molecule has 0 aromatic carbocycles. The summed E-state index contributed by atoms with van der Waals surface area (Å²) in [6.07, 6.45) is 9.67. The maximum absolute atomic E-state index is 4.43. The molecule has 18 heavy (non-hydrogen) atoms. The first-order chi connectivity index (χ1) is 8.43. The summed E-state index contributed by atoms with van der Waals surface area (Å²) >= 11 is 0. The summed E-state index contributed by atoms with van der Waals surface area (Å²) in [5.74, 6) is 0.743. The van der Waals surface area contributed by atoms with E-state index in [2.05, 4.69) is 20.4 Å². The minimum atomic E-state index is 0. The monoisotopic (exact) mass is 265 g/mol. The summed E-state index contributed by atoms with van der Waals surface area (Å²) in [6, 6.07) is 2.33. The SMILES string of the molecule is Cl.c1cnc(-c2cnn(C3CCNCC3)c2)nc1. The summed E-state index contributed by atoms with van der Waals surface area (Å²) in [5.41, 5.74) is 0.990. The molecule has 0 radical (unpaired) electrons. The summed E-state index contributed by atoms with van der Waals surface area (Å²) in [6.45, 7) is 2.14. The van der Waals surface area contributed by atoms with E-state index in [1.165, 1.54) is 0 Å². The summed E-state index contributed by atoms with van der Waals surface area (Å²) in [7, 11) is 0. The van der Waals surface area contributed by atoms with Crippen molar-refractivity contribution >= 4 is 12.4 Å². The van der Waals surface area contributed by atoms with E-state index in [1.54, 1.807) is 12.4 Å². The Hall–Kier alpha value is -1.46. The summed E-state index contributed by atoms with van der Waals surface area (Å²) in [4.78, 5) is 8.46. The first-order valence-corrected chi connectivity index (χ1v) is 5.96. The van der Waals surface area contributed by atoms with E-state index >= 15 is 0 Å². The van der Waals surface area contributed by atoms with E-state index in [0.29, 0.717) is 6.04 Å². The standard InChI is InChI=1S/C12H15N5.ClH/c1-4-14-12(15-5-1)10-8-16-17(9-10)11-2-6-13-7-3-11;/h1,4-5,8-9,11,13H,2-3,6-7H2;1H. The predicted octanol–water partition coefficient (Wildman–Crippen LogP) is 1.69. The Morgan fingerprint density at radius 2 is 1.89 bits per heavy atom. The molecule has 1 fully saturated rings. The molecule has 1 saturated heterocycles. The van der Waals surface area contributed by atoms with Crippen LogP contribution in [0.5, 0.6) is 0 Å². The normalized spacial score (nSPS) is 16.2. The fourth-order valence-corrected chi connectivity index (χ4v) is 2.17. The van der Waals surface area contributed by atoms with Crippen LogP contribution in [0.2, 0.25) is 0 Å². The molecule has 96 valence electrons. The molecule has 0 spiro atoms. The molecular formula is C12H16ClN5. The number of hydrogen-bond donors (Lipinski definition) is 1. The van der Waals surface area contributed by atoms with Crippen molar-refractivity contribution in [3.8, 4) is 11.4 Å². The Labute approximate surface area is 112 Å². The van der Waals surface area contributed by atoms with E-state index in [4.69, 9.17) is 0 Å². The average Bonchev–Trinajstić information content (AvgIpc) is 2.90. The minimum Gasteiger partial charge on any atom is -0.317 e. The molecular weight excluding hydrogens is 250 g/mol. The van der Waals surface area contributed by atoms with Crippen LogP contribution in [0.3, 0.4) is 0 Å². The number of hydrogen-bond acceptors (Lipinski definition) is 4. The smallest absolute Gasteiger partial charge is 0.162 e. The minimum absolute atomic E-state index is 0. The topological polar surface area (TPSA) is 55.6 Å². The maximum Gasteiger partial charge on any atom is 0.162 e. The quantitative estimate of drug-likeness (QED) is 0.898. The highest BCUT2D eigenvalue weighted by atomic mass is 35.5. The Morgan fingerprint density at radius 3 is 2.61 bits per heavy atom. The van der Waals surface area contributed by atoms with Crippen molar-refractivity contribution in [3.63, 3.8) is 0 Å². The van der Waals surface area contributed by atoms with E-state index < -0.39 is 0 Å². The lowest BCUT2D eigenvalue weighted by Crippen LogP contribution is -2.29. The second-order valence-corrected chi connectivity index (χ2v) is 4.26. The van der Waals surface area contributed by atoms with E-state index in [0.717, 1.165) is 37.3 Å². The third kappa shape index (κ3) is 2.68. The van der Waals surface area contributed by atoms with Gasteiger partial charge in [0.2, 0.25) is 0 Å². The molecule has 6 heteroatoms. The molecule has 0 aliphatic carbocycles. The Bertz CT molecular complexity index is 478. The van der Waals surface area contributed by atoms with Gasteiger partial charge in [0.25, 0.3) is 0 Å². The third-order valence-electron chi connectivity index (χ3n) is 3.11. The zero-order chi connectivity index (χ0) is 11.5. The van der Waals surface area contributed by atoms with Crippen molar-refractivity contribution in [1.29, 1.82) is 0 Å². The number of rotatable bonds is 2. The summed E-state index contributed by atoms with van der Waals surface area (Å²) in [5, 5.41) is 7.78. The molecule has 3 rings (SSSR count). The highest BCUT2D eigenvalue weighted by molar-refractivity contribution is 5.85. The van der Waals surface area contributed by atoms with Gasteiger partial charge < -0.3 is 5.32 Å². The van der Waals surface area contributed by atoms with Crippen LogP contribution in [-0.4, -0.2) is 32.8 Å². The van der Waals surface area contributed by atoms with Crippen LogP contribution in [0.4, 0.5) is 0 Å². The molecule has 0 amide bonds. The second kappa shape index (κ2) is 5.93. The van der Waals surface area contributed by atoms with E-state index in [9.17, 15) is 0 Å². The van der Waals surface area contributed by atoms with Crippen molar-refractivity contribution in [2.75, 3.05) is 13.1 Å². The number of piperidine rings is 1. The molecule has 0 saturated carbocycles. The molecule has 2 aromatic heterocycles. The van der Waals surface area contributed by atoms with Crippen molar-refractivity contribution in [3.05, 3.63) is 30.9 Å².